The van der Waals surface area contributed by atoms with Crippen LogP contribution >= 0.6 is 0 Å². The summed E-state index contributed by atoms with van der Waals surface area (Å²) in [5.41, 5.74) is 6.84. The first-order chi connectivity index (χ1) is 11.2. The molecule has 1 aromatic carbocycles. The first kappa shape index (κ1) is 18.9. The fraction of sp³-hybridized carbons (Fsp3) is 0.588. The number of hydrogen-bond acceptors (Lipinski definition) is 4. The van der Waals surface area contributed by atoms with Crippen molar-refractivity contribution in [3.05, 3.63) is 35.4 Å². The summed E-state index contributed by atoms with van der Waals surface area (Å²) in [6, 6.07) is 7.09. The number of hydrogen-bond donors (Lipinski definition) is 3. The molecular weight excluding hydrogens is 326 g/mol. The molecule has 2 rings (SSSR count). The number of nitrogens with one attached hydrogen (secondary N) is 2. The summed E-state index contributed by atoms with van der Waals surface area (Å²) < 4.78 is 26.9. The van der Waals surface area contributed by atoms with Gasteiger partial charge in [0.05, 0.1) is 11.3 Å². The van der Waals surface area contributed by atoms with Crippen molar-refractivity contribution in [2.75, 3.05) is 0 Å². The van der Waals surface area contributed by atoms with Gasteiger partial charge in [0, 0.05) is 12.6 Å². The largest absolute Gasteiger partial charge is 0.350 e. The van der Waals surface area contributed by atoms with Crippen molar-refractivity contribution < 1.29 is 13.2 Å². The van der Waals surface area contributed by atoms with E-state index in [1.807, 2.05) is 12.1 Å². The molecule has 0 spiro atoms. The van der Waals surface area contributed by atoms with Crippen LogP contribution < -0.4 is 15.8 Å². The van der Waals surface area contributed by atoms with Gasteiger partial charge in [-0.1, -0.05) is 37.1 Å². The van der Waals surface area contributed by atoms with Gasteiger partial charge in [-0.25, -0.2) is 13.1 Å². The Hall–Kier alpha value is -1.44. The van der Waals surface area contributed by atoms with Gasteiger partial charge >= 0.3 is 0 Å². The van der Waals surface area contributed by atoms with Gasteiger partial charge < -0.3 is 11.1 Å². The molecule has 0 aromatic heterocycles. The van der Waals surface area contributed by atoms with Crippen molar-refractivity contribution in [2.24, 2.45) is 5.73 Å². The Kier molecular flexibility index (Phi) is 6.01. The van der Waals surface area contributed by atoms with E-state index >= 15 is 0 Å². The number of benzene rings is 1. The zero-order valence-electron chi connectivity index (χ0n) is 14.3. The van der Waals surface area contributed by atoms with E-state index in [1.54, 1.807) is 26.0 Å². The molecule has 0 aliphatic heterocycles. The van der Waals surface area contributed by atoms with E-state index in [9.17, 15) is 13.2 Å². The molecule has 1 aromatic rings. The van der Waals surface area contributed by atoms with Crippen LogP contribution in [0.5, 0.6) is 0 Å². The predicted octanol–water partition coefficient (Wildman–Crippen LogP) is 1.40. The van der Waals surface area contributed by atoms with Crippen LogP contribution in [-0.2, 0) is 27.1 Å². The summed E-state index contributed by atoms with van der Waals surface area (Å²) in [4.78, 5) is 12.3. The zero-order chi connectivity index (χ0) is 17.8. The molecular formula is C17H27N3O3S. The van der Waals surface area contributed by atoms with Gasteiger partial charge in [-0.3, -0.25) is 4.79 Å². The third kappa shape index (κ3) is 5.03. The van der Waals surface area contributed by atoms with E-state index in [1.165, 1.54) is 0 Å². The second-order valence-corrected chi connectivity index (χ2v) is 8.60. The van der Waals surface area contributed by atoms with Crippen LogP contribution in [0.3, 0.4) is 0 Å². The second-order valence-electron chi connectivity index (χ2n) is 6.85. The fourth-order valence-electron chi connectivity index (χ4n) is 3.06. The minimum Gasteiger partial charge on any atom is -0.350 e. The predicted molar refractivity (Wildman–Crippen MR) is 94.6 cm³/mol. The summed E-state index contributed by atoms with van der Waals surface area (Å²) in [7, 11) is -3.41. The Labute approximate surface area is 144 Å². The van der Waals surface area contributed by atoms with Crippen LogP contribution in [0, 0.1) is 0 Å². The highest BCUT2D eigenvalue weighted by Crippen LogP contribution is 2.27. The maximum absolute atomic E-state index is 12.3. The van der Waals surface area contributed by atoms with Gasteiger partial charge in [-0.05, 0) is 37.8 Å². The van der Waals surface area contributed by atoms with Gasteiger partial charge in [0.15, 0.2) is 0 Å². The number of carbonyl (C=O) groups is 1. The summed E-state index contributed by atoms with van der Waals surface area (Å²) in [6.45, 7) is 3.85. The van der Waals surface area contributed by atoms with Gasteiger partial charge in [-0.15, -0.1) is 0 Å². The molecule has 134 valence electrons. The van der Waals surface area contributed by atoms with E-state index in [0.717, 1.165) is 18.4 Å². The Bertz CT molecular complexity index is 680. The first-order valence-electron chi connectivity index (χ1n) is 8.36. The Balaban J connectivity index is 2.05. The van der Waals surface area contributed by atoms with Crippen molar-refractivity contribution in [3.63, 3.8) is 0 Å². The molecule has 0 heterocycles. The zero-order valence-corrected chi connectivity index (χ0v) is 15.2. The SMILES string of the molecule is CC(C)NS(=O)(=O)Cc1ccccc1CNC(=O)C1(N)CCCC1. The Morgan fingerprint density at radius 2 is 1.79 bits per heavy atom. The van der Waals surface area contributed by atoms with Crippen molar-refractivity contribution in [2.45, 2.75) is 63.4 Å². The molecule has 1 saturated carbocycles. The van der Waals surface area contributed by atoms with Crippen molar-refractivity contribution in [3.8, 4) is 0 Å². The summed E-state index contributed by atoms with van der Waals surface area (Å²) >= 11 is 0. The van der Waals surface area contributed by atoms with Crippen LogP contribution in [0.4, 0.5) is 0 Å². The average molecular weight is 353 g/mol. The number of carbonyl (C=O) groups excluding carboxylic acids is 1. The lowest BCUT2D eigenvalue weighted by Crippen LogP contribution is -2.51. The molecule has 1 aliphatic carbocycles. The molecule has 6 nitrogen and oxygen atoms in total. The minimum atomic E-state index is -3.41. The smallest absolute Gasteiger partial charge is 0.240 e. The molecule has 0 bridgehead atoms. The molecule has 1 aliphatic rings. The highest BCUT2D eigenvalue weighted by Gasteiger charge is 2.36. The molecule has 0 saturated heterocycles. The van der Waals surface area contributed by atoms with Crippen molar-refractivity contribution >= 4 is 15.9 Å². The van der Waals surface area contributed by atoms with Gasteiger partial charge in [-0.2, -0.15) is 0 Å². The van der Waals surface area contributed by atoms with Crippen LogP contribution in [0.15, 0.2) is 24.3 Å². The van der Waals surface area contributed by atoms with Crippen LogP contribution in [0.25, 0.3) is 0 Å². The third-order valence-electron chi connectivity index (χ3n) is 4.27. The third-order valence-corrected chi connectivity index (χ3v) is 5.79. The lowest BCUT2D eigenvalue weighted by atomic mass is 9.98. The second kappa shape index (κ2) is 7.63. The van der Waals surface area contributed by atoms with Crippen molar-refractivity contribution in [1.82, 2.24) is 10.0 Å². The van der Waals surface area contributed by atoms with Gasteiger partial charge in [0.1, 0.15) is 0 Å². The van der Waals surface area contributed by atoms with E-state index in [2.05, 4.69) is 10.0 Å². The molecule has 0 unspecified atom stereocenters. The quantitative estimate of drug-likeness (QED) is 0.690. The lowest BCUT2D eigenvalue weighted by Gasteiger charge is -2.22. The van der Waals surface area contributed by atoms with E-state index in [0.29, 0.717) is 18.4 Å². The number of nitrogens with two attached hydrogens (primary N) is 1. The maximum atomic E-state index is 12.3. The molecule has 0 atom stereocenters. The standard InChI is InChI=1S/C17H27N3O3S/c1-13(2)20-24(22,23)12-15-8-4-3-7-14(15)11-19-16(21)17(18)9-5-6-10-17/h3-4,7-8,13,20H,5-6,9-12,18H2,1-2H3,(H,19,21). The minimum absolute atomic E-state index is 0.106. The lowest BCUT2D eigenvalue weighted by molar-refractivity contribution is -0.126. The van der Waals surface area contributed by atoms with Crippen LogP contribution in [-0.4, -0.2) is 25.9 Å². The number of amides is 1. The molecule has 1 fully saturated rings. The van der Waals surface area contributed by atoms with E-state index in [4.69, 9.17) is 5.73 Å². The molecule has 7 heteroatoms. The summed E-state index contributed by atoms with van der Waals surface area (Å²) in [5, 5.41) is 2.87. The first-order valence-corrected chi connectivity index (χ1v) is 10.0. The van der Waals surface area contributed by atoms with Gasteiger partial charge in [0.2, 0.25) is 15.9 Å². The summed E-state index contributed by atoms with van der Waals surface area (Å²) in [5.74, 6) is -0.261. The maximum Gasteiger partial charge on any atom is 0.240 e. The summed E-state index contributed by atoms with van der Waals surface area (Å²) in [6.07, 6.45) is 3.35. The average Bonchev–Trinajstić information content (AvgIpc) is 2.92. The normalized spacial score (nSPS) is 17.2. The molecule has 1 amide bonds. The number of rotatable bonds is 7. The Morgan fingerprint density at radius 3 is 2.38 bits per heavy atom. The highest BCUT2D eigenvalue weighted by molar-refractivity contribution is 7.88. The Morgan fingerprint density at radius 1 is 1.21 bits per heavy atom. The molecule has 24 heavy (non-hydrogen) atoms. The molecule has 0 radical (unpaired) electrons. The number of sulfonamides is 1. The topological polar surface area (TPSA) is 101 Å². The monoisotopic (exact) mass is 353 g/mol. The highest BCUT2D eigenvalue weighted by atomic mass is 32.2. The van der Waals surface area contributed by atoms with E-state index in [-0.39, 0.29) is 24.2 Å². The van der Waals surface area contributed by atoms with Crippen molar-refractivity contribution in [1.29, 1.82) is 0 Å². The van der Waals surface area contributed by atoms with Crippen LogP contribution in [0.1, 0.15) is 50.7 Å². The van der Waals surface area contributed by atoms with Crippen LogP contribution in [0.2, 0.25) is 0 Å². The van der Waals surface area contributed by atoms with E-state index < -0.39 is 15.6 Å². The molecule has 4 N–H and O–H groups in total. The van der Waals surface area contributed by atoms with Gasteiger partial charge in [0.25, 0.3) is 0 Å². The fourth-order valence-corrected chi connectivity index (χ4v) is 4.55.